The van der Waals surface area contributed by atoms with Crippen LogP contribution in [0.25, 0.3) is 0 Å². The zero-order valence-electron chi connectivity index (χ0n) is 18.6. The maximum absolute atomic E-state index is 14.5. The van der Waals surface area contributed by atoms with E-state index in [1.165, 1.54) is 6.07 Å². The fourth-order valence-electron chi connectivity index (χ4n) is 4.38. The molecule has 2 aromatic carbocycles. The molecular weight excluding hydrogens is 401 g/mol. The third-order valence-corrected chi connectivity index (χ3v) is 6.22. The molecule has 2 nitrogen and oxygen atoms in total. The number of ether oxygens (including phenoxy) is 2. The van der Waals surface area contributed by atoms with Gasteiger partial charge in [-0.2, -0.15) is 4.39 Å². The van der Waals surface area contributed by atoms with Gasteiger partial charge >= 0.3 is 0 Å². The van der Waals surface area contributed by atoms with Crippen LogP contribution in [0.1, 0.15) is 75.8 Å². The summed E-state index contributed by atoms with van der Waals surface area (Å²) in [5.41, 5.74) is 1.14. The van der Waals surface area contributed by atoms with Crippen LogP contribution in [0.15, 0.2) is 30.3 Å². The van der Waals surface area contributed by atoms with Crippen LogP contribution < -0.4 is 9.47 Å². The molecule has 31 heavy (non-hydrogen) atoms. The number of hydrogen-bond donors (Lipinski definition) is 0. The molecule has 1 aliphatic carbocycles. The van der Waals surface area contributed by atoms with E-state index in [2.05, 4.69) is 6.92 Å². The summed E-state index contributed by atoms with van der Waals surface area (Å²) in [6, 6.07) is 8.27. The Morgan fingerprint density at radius 1 is 0.871 bits per heavy atom. The second-order valence-corrected chi connectivity index (χ2v) is 8.45. The Balaban J connectivity index is 1.51. The standard InChI is InChI=1S/C26H33F3O2/c1-3-5-6-7-20-12-15-24(26(29)25(20)28)31-17-18-8-10-19(11-9-18)22-14-13-21(30-4-2)16-23(22)27/h12-16,18-19H,3-11,17H2,1-2H3. The maximum atomic E-state index is 14.5. The minimum atomic E-state index is -0.890. The highest BCUT2D eigenvalue weighted by atomic mass is 19.2. The molecule has 0 aromatic heterocycles. The molecule has 0 bridgehead atoms. The number of unbranched alkanes of at least 4 members (excludes halogenated alkanes) is 2. The van der Waals surface area contributed by atoms with Crippen molar-refractivity contribution < 1.29 is 22.6 Å². The predicted molar refractivity (Wildman–Crippen MR) is 117 cm³/mol. The lowest BCUT2D eigenvalue weighted by Gasteiger charge is -2.29. The topological polar surface area (TPSA) is 18.5 Å². The van der Waals surface area contributed by atoms with Crippen molar-refractivity contribution in [2.24, 2.45) is 5.92 Å². The number of aryl methyl sites for hydroxylation is 1. The van der Waals surface area contributed by atoms with Gasteiger partial charge in [-0.3, -0.25) is 0 Å². The van der Waals surface area contributed by atoms with Gasteiger partial charge in [-0.15, -0.1) is 0 Å². The van der Waals surface area contributed by atoms with Crippen LogP contribution in [-0.4, -0.2) is 13.2 Å². The van der Waals surface area contributed by atoms with E-state index in [1.54, 1.807) is 12.1 Å². The van der Waals surface area contributed by atoms with Gasteiger partial charge in [0.15, 0.2) is 11.6 Å². The first-order valence-electron chi connectivity index (χ1n) is 11.5. The normalized spacial score (nSPS) is 18.7. The second kappa shape index (κ2) is 11.4. The lowest BCUT2D eigenvalue weighted by molar-refractivity contribution is 0.192. The molecule has 1 fully saturated rings. The minimum absolute atomic E-state index is 0.0172. The SMILES string of the molecule is CCCCCc1ccc(OCC2CCC(c3ccc(OCC)cc3F)CC2)c(F)c1F. The molecule has 1 aliphatic rings. The molecule has 0 aliphatic heterocycles. The van der Waals surface area contributed by atoms with E-state index in [0.717, 1.165) is 50.5 Å². The van der Waals surface area contributed by atoms with Crippen molar-refractivity contribution in [2.75, 3.05) is 13.2 Å². The van der Waals surface area contributed by atoms with Gasteiger partial charge in [0, 0.05) is 6.07 Å². The first-order valence-corrected chi connectivity index (χ1v) is 11.5. The van der Waals surface area contributed by atoms with Crippen molar-refractivity contribution in [3.05, 3.63) is 58.9 Å². The highest BCUT2D eigenvalue weighted by Crippen LogP contribution is 2.38. The molecule has 0 atom stereocenters. The summed E-state index contributed by atoms with van der Waals surface area (Å²) in [4.78, 5) is 0. The summed E-state index contributed by atoms with van der Waals surface area (Å²) in [6.45, 7) is 4.81. The molecule has 2 aromatic rings. The number of rotatable bonds is 10. The van der Waals surface area contributed by atoms with E-state index in [0.29, 0.717) is 30.9 Å². The Morgan fingerprint density at radius 3 is 2.32 bits per heavy atom. The molecular formula is C26H33F3O2. The van der Waals surface area contributed by atoms with Crippen LogP contribution in [0.2, 0.25) is 0 Å². The Morgan fingerprint density at radius 2 is 1.65 bits per heavy atom. The largest absolute Gasteiger partial charge is 0.494 e. The van der Waals surface area contributed by atoms with Gasteiger partial charge in [-0.05, 0) is 80.5 Å². The molecule has 0 amide bonds. The van der Waals surface area contributed by atoms with E-state index in [4.69, 9.17) is 9.47 Å². The van der Waals surface area contributed by atoms with Gasteiger partial charge in [0.2, 0.25) is 5.82 Å². The van der Waals surface area contributed by atoms with E-state index in [-0.39, 0.29) is 23.4 Å². The lowest BCUT2D eigenvalue weighted by atomic mass is 9.79. The van der Waals surface area contributed by atoms with Gasteiger partial charge in [0.1, 0.15) is 11.6 Å². The first-order chi connectivity index (χ1) is 15.0. The van der Waals surface area contributed by atoms with Crippen molar-refractivity contribution >= 4 is 0 Å². The Kier molecular flexibility index (Phi) is 8.68. The monoisotopic (exact) mass is 434 g/mol. The summed E-state index contributed by atoms with van der Waals surface area (Å²) in [5.74, 6) is -0.935. The zero-order chi connectivity index (χ0) is 22.2. The molecule has 0 spiro atoms. The Bertz CT molecular complexity index is 845. The molecule has 5 heteroatoms. The van der Waals surface area contributed by atoms with Gasteiger partial charge in [0.05, 0.1) is 13.2 Å². The van der Waals surface area contributed by atoms with Crippen molar-refractivity contribution in [1.29, 1.82) is 0 Å². The number of halogens is 3. The van der Waals surface area contributed by atoms with E-state index in [9.17, 15) is 13.2 Å². The smallest absolute Gasteiger partial charge is 0.200 e. The molecule has 170 valence electrons. The number of benzene rings is 2. The summed E-state index contributed by atoms with van der Waals surface area (Å²) in [5, 5.41) is 0. The third kappa shape index (κ3) is 6.18. The highest BCUT2D eigenvalue weighted by molar-refractivity contribution is 5.32. The third-order valence-electron chi connectivity index (χ3n) is 6.22. The van der Waals surface area contributed by atoms with Gasteiger partial charge in [-0.25, -0.2) is 8.78 Å². The molecule has 0 unspecified atom stereocenters. The second-order valence-electron chi connectivity index (χ2n) is 8.45. The fraction of sp³-hybridized carbons (Fsp3) is 0.538. The van der Waals surface area contributed by atoms with E-state index < -0.39 is 11.6 Å². The quantitative estimate of drug-likeness (QED) is 0.359. The molecule has 0 radical (unpaired) electrons. The first kappa shape index (κ1) is 23.5. The molecule has 1 saturated carbocycles. The van der Waals surface area contributed by atoms with Crippen LogP contribution in [-0.2, 0) is 6.42 Å². The number of hydrogen-bond acceptors (Lipinski definition) is 2. The van der Waals surface area contributed by atoms with Crippen LogP contribution in [0.3, 0.4) is 0 Å². The average Bonchev–Trinajstić information content (AvgIpc) is 2.77. The summed E-state index contributed by atoms with van der Waals surface area (Å²) >= 11 is 0. The predicted octanol–water partition coefficient (Wildman–Crippen LogP) is 7.59. The van der Waals surface area contributed by atoms with Crippen molar-refractivity contribution in [1.82, 2.24) is 0 Å². The van der Waals surface area contributed by atoms with Crippen LogP contribution in [0.4, 0.5) is 13.2 Å². The van der Waals surface area contributed by atoms with E-state index >= 15 is 0 Å². The average molecular weight is 435 g/mol. The van der Waals surface area contributed by atoms with Crippen molar-refractivity contribution in [2.45, 2.75) is 71.1 Å². The minimum Gasteiger partial charge on any atom is -0.494 e. The van der Waals surface area contributed by atoms with Crippen molar-refractivity contribution in [3.8, 4) is 11.5 Å². The summed E-state index contributed by atoms with van der Waals surface area (Å²) < 4.78 is 54.1. The Labute approximate surface area is 183 Å². The zero-order valence-corrected chi connectivity index (χ0v) is 18.6. The molecule has 0 saturated heterocycles. The summed E-state index contributed by atoms with van der Waals surface area (Å²) in [6.07, 6.45) is 6.89. The maximum Gasteiger partial charge on any atom is 0.200 e. The fourth-order valence-corrected chi connectivity index (χ4v) is 4.38. The van der Waals surface area contributed by atoms with Gasteiger partial charge < -0.3 is 9.47 Å². The van der Waals surface area contributed by atoms with Crippen LogP contribution >= 0.6 is 0 Å². The van der Waals surface area contributed by atoms with Crippen molar-refractivity contribution in [3.63, 3.8) is 0 Å². The van der Waals surface area contributed by atoms with Crippen LogP contribution in [0.5, 0.6) is 11.5 Å². The highest BCUT2D eigenvalue weighted by Gasteiger charge is 2.25. The van der Waals surface area contributed by atoms with Gasteiger partial charge in [0.25, 0.3) is 0 Å². The Hall–Kier alpha value is -2.17. The van der Waals surface area contributed by atoms with Crippen LogP contribution in [0, 0.1) is 23.4 Å². The van der Waals surface area contributed by atoms with E-state index in [1.807, 2.05) is 19.1 Å². The summed E-state index contributed by atoms with van der Waals surface area (Å²) in [7, 11) is 0. The molecule has 0 heterocycles. The lowest BCUT2D eigenvalue weighted by Crippen LogP contribution is -2.20. The van der Waals surface area contributed by atoms with Gasteiger partial charge in [-0.1, -0.05) is 31.9 Å². The molecule has 0 N–H and O–H groups in total. The molecule has 3 rings (SSSR count).